The van der Waals surface area contributed by atoms with Gasteiger partial charge in [0, 0.05) is 5.02 Å². The van der Waals surface area contributed by atoms with Crippen molar-refractivity contribution in [3.8, 4) is 17.2 Å². The number of anilines is 1. The van der Waals surface area contributed by atoms with Crippen LogP contribution in [0.1, 0.15) is 5.56 Å². The van der Waals surface area contributed by atoms with Gasteiger partial charge in [0.25, 0.3) is 11.8 Å². The predicted octanol–water partition coefficient (Wildman–Crippen LogP) is 5.78. The van der Waals surface area contributed by atoms with E-state index in [1.165, 1.54) is 43.5 Å². The molecule has 0 atom stereocenters. The molecular formula is C26H19Cl3N2O6. The van der Waals surface area contributed by atoms with Crippen molar-refractivity contribution in [2.24, 2.45) is 0 Å². The van der Waals surface area contributed by atoms with E-state index in [-0.39, 0.29) is 41.0 Å². The second kappa shape index (κ2) is 11.6. The minimum absolute atomic E-state index is 0.140. The molecule has 4 rings (SSSR count). The summed E-state index contributed by atoms with van der Waals surface area (Å²) in [5.74, 6) is -0.595. The standard InChI is InChI=1S/C26H19Cl3N2O6/c1-35-22-14-15(13-20(29)23(22)37-11-10-36-21-5-3-2-4-19(21)28)12-18-24(32)30-26(34)31(25(18)33)17-8-6-16(27)7-9-17/h2-9,12-14H,10-11H2,1H3,(H,30,32,34). The summed E-state index contributed by atoms with van der Waals surface area (Å²) in [6.07, 6.45) is 1.31. The molecule has 0 saturated carbocycles. The third kappa shape index (κ3) is 5.99. The third-order valence-corrected chi connectivity index (χ3v) is 6.02. The van der Waals surface area contributed by atoms with Crippen LogP contribution in [0.4, 0.5) is 10.5 Å². The number of nitrogens with zero attached hydrogens (tertiary/aromatic N) is 1. The highest BCUT2D eigenvalue weighted by Crippen LogP contribution is 2.37. The Bertz CT molecular complexity index is 1390. The van der Waals surface area contributed by atoms with Gasteiger partial charge in [-0.15, -0.1) is 0 Å². The topological polar surface area (TPSA) is 94.2 Å². The van der Waals surface area contributed by atoms with Gasteiger partial charge in [0.15, 0.2) is 11.5 Å². The number of carbonyl (C=O) groups is 3. The lowest BCUT2D eigenvalue weighted by Crippen LogP contribution is -2.54. The Kier molecular flexibility index (Phi) is 8.23. The Labute approximate surface area is 227 Å². The second-order valence-corrected chi connectivity index (χ2v) is 8.85. The zero-order chi connectivity index (χ0) is 26.5. The van der Waals surface area contributed by atoms with Gasteiger partial charge in [-0.3, -0.25) is 14.9 Å². The summed E-state index contributed by atoms with van der Waals surface area (Å²) in [7, 11) is 1.43. The fourth-order valence-corrected chi connectivity index (χ4v) is 4.06. The smallest absolute Gasteiger partial charge is 0.335 e. The monoisotopic (exact) mass is 560 g/mol. The molecule has 0 aliphatic carbocycles. The molecule has 1 saturated heterocycles. The first-order valence-corrected chi connectivity index (χ1v) is 12.0. The maximum absolute atomic E-state index is 13.1. The molecule has 11 heteroatoms. The van der Waals surface area contributed by atoms with Crippen molar-refractivity contribution in [1.29, 1.82) is 0 Å². The Morgan fingerprint density at radius 2 is 1.57 bits per heavy atom. The maximum Gasteiger partial charge on any atom is 0.335 e. The zero-order valence-electron chi connectivity index (χ0n) is 19.3. The molecule has 4 amide bonds. The average molecular weight is 562 g/mol. The van der Waals surface area contributed by atoms with E-state index in [1.54, 1.807) is 30.3 Å². The number of barbiturate groups is 1. The van der Waals surface area contributed by atoms with Crippen molar-refractivity contribution < 1.29 is 28.6 Å². The van der Waals surface area contributed by atoms with Crippen molar-refractivity contribution in [2.45, 2.75) is 0 Å². The zero-order valence-corrected chi connectivity index (χ0v) is 21.6. The number of urea groups is 1. The summed E-state index contributed by atoms with van der Waals surface area (Å²) in [5, 5.41) is 3.25. The van der Waals surface area contributed by atoms with Crippen LogP contribution in [-0.2, 0) is 9.59 Å². The van der Waals surface area contributed by atoms with Gasteiger partial charge < -0.3 is 14.2 Å². The number of imide groups is 2. The van der Waals surface area contributed by atoms with Gasteiger partial charge in [-0.25, -0.2) is 9.69 Å². The molecule has 0 unspecified atom stereocenters. The van der Waals surface area contributed by atoms with Crippen molar-refractivity contribution in [1.82, 2.24) is 5.32 Å². The molecule has 1 aliphatic rings. The Balaban J connectivity index is 1.53. The number of benzene rings is 3. The molecule has 37 heavy (non-hydrogen) atoms. The lowest BCUT2D eigenvalue weighted by Gasteiger charge is -2.26. The van der Waals surface area contributed by atoms with Crippen LogP contribution < -0.4 is 24.4 Å². The molecule has 1 fully saturated rings. The number of halogens is 3. The molecule has 0 aromatic heterocycles. The first kappa shape index (κ1) is 26.3. The molecule has 3 aromatic carbocycles. The van der Waals surface area contributed by atoms with E-state index >= 15 is 0 Å². The quantitative estimate of drug-likeness (QED) is 0.213. The number of para-hydroxylation sites is 1. The van der Waals surface area contributed by atoms with E-state index < -0.39 is 17.8 Å². The first-order chi connectivity index (χ1) is 17.8. The molecule has 8 nitrogen and oxygen atoms in total. The molecule has 1 aliphatic heterocycles. The normalized spacial score (nSPS) is 14.5. The van der Waals surface area contributed by atoms with Gasteiger partial charge in [0.1, 0.15) is 24.5 Å². The fourth-order valence-electron chi connectivity index (χ4n) is 3.47. The van der Waals surface area contributed by atoms with Gasteiger partial charge in [0.2, 0.25) is 0 Å². The SMILES string of the molecule is COc1cc(C=C2C(=O)NC(=O)N(c3ccc(Cl)cc3)C2=O)cc(Cl)c1OCCOc1ccccc1Cl. The highest BCUT2D eigenvalue weighted by Gasteiger charge is 2.36. The molecule has 1 N–H and O–H groups in total. The van der Waals surface area contributed by atoms with Crippen molar-refractivity contribution in [3.63, 3.8) is 0 Å². The summed E-state index contributed by atoms with van der Waals surface area (Å²) >= 11 is 18.4. The number of ether oxygens (including phenoxy) is 3. The summed E-state index contributed by atoms with van der Waals surface area (Å²) in [4.78, 5) is 38.8. The summed E-state index contributed by atoms with van der Waals surface area (Å²) in [6, 6.07) is 15.3. The average Bonchev–Trinajstić information content (AvgIpc) is 2.87. The van der Waals surface area contributed by atoms with Crippen molar-refractivity contribution >= 4 is 64.4 Å². The van der Waals surface area contributed by atoms with Crippen LogP contribution in [-0.4, -0.2) is 38.2 Å². The van der Waals surface area contributed by atoms with Crippen molar-refractivity contribution in [2.75, 3.05) is 25.2 Å². The molecule has 3 aromatic rings. The number of carbonyl (C=O) groups excluding carboxylic acids is 3. The van der Waals surface area contributed by atoms with Crippen LogP contribution in [0, 0.1) is 0 Å². The van der Waals surface area contributed by atoms with E-state index in [1.807, 2.05) is 0 Å². The van der Waals surface area contributed by atoms with Crippen LogP contribution in [0.2, 0.25) is 15.1 Å². The third-order valence-electron chi connectivity index (χ3n) is 5.17. The minimum Gasteiger partial charge on any atom is -0.493 e. The summed E-state index contributed by atoms with van der Waals surface area (Å²) in [5.41, 5.74) is 0.364. The molecule has 190 valence electrons. The molecular weight excluding hydrogens is 543 g/mol. The van der Waals surface area contributed by atoms with Crippen LogP contribution in [0.5, 0.6) is 17.2 Å². The first-order valence-electron chi connectivity index (χ1n) is 10.8. The number of hydrogen-bond donors (Lipinski definition) is 1. The maximum atomic E-state index is 13.1. The van der Waals surface area contributed by atoms with E-state index in [9.17, 15) is 14.4 Å². The lowest BCUT2D eigenvalue weighted by atomic mass is 10.1. The Morgan fingerprint density at radius 1 is 0.865 bits per heavy atom. The predicted molar refractivity (Wildman–Crippen MR) is 141 cm³/mol. The fraction of sp³-hybridized carbons (Fsp3) is 0.115. The second-order valence-electron chi connectivity index (χ2n) is 7.60. The lowest BCUT2D eigenvalue weighted by molar-refractivity contribution is -0.122. The van der Waals surface area contributed by atoms with Gasteiger partial charge in [0.05, 0.1) is 22.8 Å². The van der Waals surface area contributed by atoms with Crippen molar-refractivity contribution in [3.05, 3.63) is 86.9 Å². The summed E-state index contributed by atoms with van der Waals surface area (Å²) < 4.78 is 16.8. The van der Waals surface area contributed by atoms with Gasteiger partial charge in [-0.05, 0) is 60.2 Å². The largest absolute Gasteiger partial charge is 0.493 e. The molecule has 1 heterocycles. The van der Waals surface area contributed by atoms with Gasteiger partial charge in [-0.2, -0.15) is 0 Å². The summed E-state index contributed by atoms with van der Waals surface area (Å²) in [6.45, 7) is 0.332. The molecule has 0 bridgehead atoms. The van der Waals surface area contributed by atoms with E-state index in [2.05, 4.69) is 5.32 Å². The van der Waals surface area contributed by atoms with Gasteiger partial charge in [-0.1, -0.05) is 46.9 Å². The Hall–Kier alpha value is -3.72. The number of nitrogens with one attached hydrogen (secondary N) is 1. The number of methoxy groups -OCH3 is 1. The number of amides is 4. The van der Waals surface area contributed by atoms with Crippen LogP contribution >= 0.6 is 34.8 Å². The van der Waals surface area contributed by atoms with Crippen LogP contribution in [0.15, 0.2) is 66.2 Å². The molecule has 0 radical (unpaired) electrons. The number of rotatable bonds is 8. The number of hydrogen-bond acceptors (Lipinski definition) is 6. The molecule has 0 spiro atoms. The van der Waals surface area contributed by atoms with E-state index in [0.717, 1.165) is 4.90 Å². The van der Waals surface area contributed by atoms with E-state index in [0.29, 0.717) is 21.4 Å². The van der Waals surface area contributed by atoms with Crippen LogP contribution in [0.25, 0.3) is 6.08 Å². The Morgan fingerprint density at radius 3 is 2.27 bits per heavy atom. The minimum atomic E-state index is -0.868. The highest BCUT2D eigenvalue weighted by molar-refractivity contribution is 6.39. The van der Waals surface area contributed by atoms with E-state index in [4.69, 9.17) is 49.0 Å². The van der Waals surface area contributed by atoms with Crippen LogP contribution in [0.3, 0.4) is 0 Å². The highest BCUT2D eigenvalue weighted by atomic mass is 35.5. The van der Waals surface area contributed by atoms with Gasteiger partial charge >= 0.3 is 6.03 Å².